The van der Waals surface area contributed by atoms with Crippen molar-refractivity contribution >= 4 is 5.91 Å². The lowest BCUT2D eigenvalue weighted by atomic mass is 9.79. The predicted molar refractivity (Wildman–Crippen MR) is 75.5 cm³/mol. The van der Waals surface area contributed by atoms with Crippen molar-refractivity contribution in [2.75, 3.05) is 13.2 Å². The molecule has 0 aromatic heterocycles. The quantitative estimate of drug-likeness (QED) is 0.812. The van der Waals surface area contributed by atoms with Crippen LogP contribution < -0.4 is 5.73 Å². The van der Waals surface area contributed by atoms with Crippen LogP contribution in [0.25, 0.3) is 0 Å². The Bertz CT molecular complexity index is 303. The summed E-state index contributed by atoms with van der Waals surface area (Å²) in [6, 6.07) is 0.512. The molecular weight excluding hydrogens is 240 g/mol. The van der Waals surface area contributed by atoms with Crippen LogP contribution in [-0.4, -0.2) is 41.1 Å². The van der Waals surface area contributed by atoms with Crippen LogP contribution in [0, 0.1) is 11.8 Å². The number of aliphatic hydroxyl groups is 1. The van der Waals surface area contributed by atoms with E-state index in [0.29, 0.717) is 18.5 Å². The maximum absolute atomic E-state index is 12.7. The smallest absolute Gasteiger partial charge is 0.226 e. The number of hydrogen-bond acceptors (Lipinski definition) is 3. The van der Waals surface area contributed by atoms with Crippen LogP contribution in [0.5, 0.6) is 0 Å². The molecule has 0 aliphatic heterocycles. The molecule has 2 fully saturated rings. The third-order valence-corrected chi connectivity index (χ3v) is 5.00. The molecular formula is C15H28N2O2. The van der Waals surface area contributed by atoms with Gasteiger partial charge in [0.15, 0.2) is 0 Å². The summed E-state index contributed by atoms with van der Waals surface area (Å²) in [6.45, 7) is 2.73. The number of hydrogen-bond donors (Lipinski definition) is 2. The summed E-state index contributed by atoms with van der Waals surface area (Å²) in [6.07, 6.45) is 7.44. The molecule has 0 bridgehead atoms. The molecule has 0 aromatic rings. The summed E-state index contributed by atoms with van der Waals surface area (Å²) in [4.78, 5) is 14.6. The second-order valence-corrected chi connectivity index (χ2v) is 6.34. The molecule has 3 atom stereocenters. The Morgan fingerprint density at radius 2 is 1.95 bits per heavy atom. The molecule has 19 heavy (non-hydrogen) atoms. The van der Waals surface area contributed by atoms with Gasteiger partial charge in [-0.25, -0.2) is 0 Å². The molecule has 2 aliphatic rings. The normalized spacial score (nSPS) is 32.5. The van der Waals surface area contributed by atoms with Crippen molar-refractivity contribution < 1.29 is 9.90 Å². The molecule has 4 heteroatoms. The monoisotopic (exact) mass is 268 g/mol. The van der Waals surface area contributed by atoms with Crippen molar-refractivity contribution in [3.05, 3.63) is 0 Å². The van der Waals surface area contributed by atoms with Crippen molar-refractivity contribution in [1.82, 2.24) is 4.90 Å². The minimum absolute atomic E-state index is 0.0669. The molecule has 3 N–H and O–H groups in total. The molecule has 0 saturated heterocycles. The molecule has 2 rings (SSSR count). The highest BCUT2D eigenvalue weighted by atomic mass is 16.3. The first kappa shape index (κ1) is 14.8. The van der Waals surface area contributed by atoms with Gasteiger partial charge in [-0.2, -0.15) is 0 Å². The van der Waals surface area contributed by atoms with Crippen LogP contribution in [0.3, 0.4) is 0 Å². The lowest BCUT2D eigenvalue weighted by Gasteiger charge is -2.36. The Labute approximate surface area is 116 Å². The molecule has 110 valence electrons. The van der Waals surface area contributed by atoms with Gasteiger partial charge in [0.1, 0.15) is 0 Å². The van der Waals surface area contributed by atoms with Gasteiger partial charge in [-0.15, -0.1) is 0 Å². The molecule has 2 saturated carbocycles. The molecule has 4 nitrogen and oxygen atoms in total. The van der Waals surface area contributed by atoms with Gasteiger partial charge in [0, 0.05) is 24.5 Å². The van der Waals surface area contributed by atoms with E-state index in [2.05, 4.69) is 6.92 Å². The Balaban J connectivity index is 1.98. The molecule has 3 unspecified atom stereocenters. The van der Waals surface area contributed by atoms with Gasteiger partial charge in [0.25, 0.3) is 0 Å². The number of rotatable bonds is 4. The van der Waals surface area contributed by atoms with E-state index in [9.17, 15) is 9.90 Å². The summed E-state index contributed by atoms with van der Waals surface area (Å²) >= 11 is 0. The van der Waals surface area contributed by atoms with Crippen LogP contribution >= 0.6 is 0 Å². The summed E-state index contributed by atoms with van der Waals surface area (Å²) < 4.78 is 0. The van der Waals surface area contributed by atoms with E-state index >= 15 is 0 Å². The van der Waals surface area contributed by atoms with Gasteiger partial charge < -0.3 is 15.7 Å². The minimum Gasteiger partial charge on any atom is -0.395 e. The van der Waals surface area contributed by atoms with E-state index in [0.717, 1.165) is 32.1 Å². The zero-order valence-corrected chi connectivity index (χ0v) is 12.1. The van der Waals surface area contributed by atoms with Crippen molar-refractivity contribution in [2.45, 2.75) is 64.0 Å². The highest BCUT2D eigenvalue weighted by Gasteiger charge is 2.35. The third-order valence-electron chi connectivity index (χ3n) is 5.00. The number of carbonyl (C=O) groups excluding carboxylic acids is 1. The van der Waals surface area contributed by atoms with E-state index in [4.69, 9.17) is 5.73 Å². The number of amides is 1. The largest absolute Gasteiger partial charge is 0.395 e. The fraction of sp³-hybridized carbons (Fsp3) is 0.933. The standard InChI is InChI=1S/C15H28N2O2/c1-11-6-7-12(10-14(11)16)15(19)17(8-9-18)13-4-2-3-5-13/h11-14,18H,2-10,16H2,1H3. The fourth-order valence-electron chi connectivity index (χ4n) is 3.61. The van der Waals surface area contributed by atoms with Gasteiger partial charge in [0.05, 0.1) is 6.61 Å². The first-order valence-electron chi connectivity index (χ1n) is 7.80. The maximum atomic E-state index is 12.7. The Hall–Kier alpha value is -0.610. The minimum atomic E-state index is 0.0669. The zero-order valence-electron chi connectivity index (χ0n) is 12.1. The zero-order chi connectivity index (χ0) is 13.8. The van der Waals surface area contributed by atoms with Gasteiger partial charge in [-0.1, -0.05) is 19.8 Å². The van der Waals surface area contributed by atoms with Crippen molar-refractivity contribution in [1.29, 1.82) is 0 Å². The van der Waals surface area contributed by atoms with E-state index in [-0.39, 0.29) is 24.5 Å². The SMILES string of the molecule is CC1CCC(C(=O)N(CCO)C2CCCC2)CC1N. The second-order valence-electron chi connectivity index (χ2n) is 6.34. The Kier molecular flexibility index (Phi) is 5.22. The highest BCUT2D eigenvalue weighted by Crippen LogP contribution is 2.31. The molecule has 1 amide bonds. The fourth-order valence-corrected chi connectivity index (χ4v) is 3.61. The number of aliphatic hydroxyl groups excluding tert-OH is 1. The van der Waals surface area contributed by atoms with E-state index in [1.807, 2.05) is 4.90 Å². The molecule has 0 heterocycles. The number of carbonyl (C=O) groups is 1. The number of nitrogens with two attached hydrogens (primary N) is 1. The lowest BCUT2D eigenvalue weighted by Crippen LogP contribution is -2.47. The van der Waals surface area contributed by atoms with Crippen molar-refractivity contribution in [3.8, 4) is 0 Å². The summed E-state index contributed by atoms with van der Waals surface area (Å²) in [5, 5.41) is 9.22. The summed E-state index contributed by atoms with van der Waals surface area (Å²) in [7, 11) is 0. The lowest BCUT2D eigenvalue weighted by molar-refractivity contribution is -0.140. The van der Waals surface area contributed by atoms with Gasteiger partial charge in [-0.3, -0.25) is 4.79 Å². The molecule has 0 radical (unpaired) electrons. The average molecular weight is 268 g/mol. The van der Waals surface area contributed by atoms with E-state index < -0.39 is 0 Å². The highest BCUT2D eigenvalue weighted by molar-refractivity contribution is 5.79. The second kappa shape index (κ2) is 6.71. The van der Waals surface area contributed by atoms with Gasteiger partial charge in [0.2, 0.25) is 5.91 Å². The summed E-state index contributed by atoms with van der Waals surface area (Å²) in [5.74, 6) is 0.850. The molecule has 0 spiro atoms. The number of nitrogens with zero attached hydrogens (tertiary/aromatic N) is 1. The maximum Gasteiger partial charge on any atom is 0.226 e. The molecule has 0 aromatic carbocycles. The predicted octanol–water partition coefficient (Wildman–Crippen LogP) is 1.51. The van der Waals surface area contributed by atoms with Crippen molar-refractivity contribution in [2.24, 2.45) is 17.6 Å². The molecule has 2 aliphatic carbocycles. The summed E-state index contributed by atoms with van der Waals surface area (Å²) in [5.41, 5.74) is 6.11. The van der Waals surface area contributed by atoms with Crippen LogP contribution in [-0.2, 0) is 4.79 Å². The van der Waals surface area contributed by atoms with Gasteiger partial charge >= 0.3 is 0 Å². The van der Waals surface area contributed by atoms with E-state index in [1.165, 1.54) is 12.8 Å². The van der Waals surface area contributed by atoms with Crippen LogP contribution in [0.1, 0.15) is 51.9 Å². The first-order chi connectivity index (χ1) is 9.13. The Morgan fingerprint density at radius 1 is 1.26 bits per heavy atom. The topological polar surface area (TPSA) is 66.6 Å². The average Bonchev–Trinajstić information content (AvgIpc) is 2.92. The van der Waals surface area contributed by atoms with Crippen LogP contribution in [0.4, 0.5) is 0 Å². The third kappa shape index (κ3) is 3.48. The first-order valence-corrected chi connectivity index (χ1v) is 7.80. The Morgan fingerprint density at radius 3 is 2.53 bits per heavy atom. The van der Waals surface area contributed by atoms with Gasteiger partial charge in [-0.05, 0) is 38.0 Å². The van der Waals surface area contributed by atoms with Crippen LogP contribution in [0.2, 0.25) is 0 Å². The van der Waals surface area contributed by atoms with E-state index in [1.54, 1.807) is 0 Å². The van der Waals surface area contributed by atoms with Crippen LogP contribution in [0.15, 0.2) is 0 Å². The van der Waals surface area contributed by atoms with Crippen molar-refractivity contribution in [3.63, 3.8) is 0 Å².